The van der Waals surface area contributed by atoms with Crippen LogP contribution < -0.4 is 0 Å². The maximum Gasteiger partial charge on any atom is 0.341 e. The van der Waals surface area contributed by atoms with Gasteiger partial charge in [0.15, 0.2) is 0 Å². The monoisotopic (exact) mass is 320 g/mol. The summed E-state index contributed by atoms with van der Waals surface area (Å²) in [5, 5.41) is 0. The summed E-state index contributed by atoms with van der Waals surface area (Å²) in [5.74, 6) is 0.209. The molecule has 0 atom stereocenters. The Kier molecular flexibility index (Phi) is 4.27. The van der Waals surface area contributed by atoms with Crippen LogP contribution in [-0.4, -0.2) is 22.5 Å². The average molecular weight is 321 g/mol. The van der Waals surface area contributed by atoms with Crippen LogP contribution in [0.15, 0.2) is 34.9 Å². The van der Waals surface area contributed by atoms with Crippen molar-refractivity contribution in [2.45, 2.75) is 13.8 Å². The third-order valence-corrected chi connectivity index (χ3v) is 3.00. The van der Waals surface area contributed by atoms with Gasteiger partial charge >= 0.3 is 5.97 Å². The second-order valence-corrected chi connectivity index (χ2v) is 4.83. The van der Waals surface area contributed by atoms with E-state index < -0.39 is 5.97 Å². The van der Waals surface area contributed by atoms with Gasteiger partial charge in [-0.25, -0.2) is 14.8 Å². The highest BCUT2D eigenvalue weighted by Crippen LogP contribution is 2.24. The Balaban J connectivity index is 2.54. The van der Waals surface area contributed by atoms with Crippen LogP contribution in [0.4, 0.5) is 0 Å². The number of benzene rings is 1. The van der Waals surface area contributed by atoms with E-state index in [-0.39, 0.29) is 0 Å². The zero-order valence-electron chi connectivity index (χ0n) is 10.7. The fourth-order valence-electron chi connectivity index (χ4n) is 1.68. The molecule has 1 heterocycles. The van der Waals surface area contributed by atoms with Crippen molar-refractivity contribution in [2.75, 3.05) is 6.61 Å². The van der Waals surface area contributed by atoms with Crippen molar-refractivity contribution in [2.24, 2.45) is 0 Å². The lowest BCUT2D eigenvalue weighted by Gasteiger charge is -2.08. The molecule has 4 nitrogen and oxygen atoms in total. The van der Waals surface area contributed by atoms with Crippen molar-refractivity contribution in [3.63, 3.8) is 0 Å². The molecule has 0 fully saturated rings. The summed E-state index contributed by atoms with van der Waals surface area (Å²) in [4.78, 5) is 20.3. The molecule has 1 aromatic heterocycles. The predicted octanol–water partition coefficient (Wildman–Crippen LogP) is 3.39. The van der Waals surface area contributed by atoms with Crippen LogP contribution in [0.2, 0.25) is 0 Å². The van der Waals surface area contributed by atoms with E-state index in [2.05, 4.69) is 25.9 Å². The van der Waals surface area contributed by atoms with Crippen LogP contribution in [0, 0.1) is 6.92 Å². The van der Waals surface area contributed by atoms with Gasteiger partial charge in [-0.15, -0.1) is 0 Å². The molecule has 0 amide bonds. The SMILES string of the molecule is CCOC(=O)c1cnc(C)nc1-c1cccc(Br)c1. The van der Waals surface area contributed by atoms with E-state index in [1.165, 1.54) is 6.20 Å². The first-order valence-electron chi connectivity index (χ1n) is 5.88. The van der Waals surface area contributed by atoms with Crippen molar-refractivity contribution >= 4 is 21.9 Å². The first kappa shape index (κ1) is 13.7. The Morgan fingerprint density at radius 3 is 2.89 bits per heavy atom. The van der Waals surface area contributed by atoms with Crippen LogP contribution in [0.3, 0.4) is 0 Å². The van der Waals surface area contributed by atoms with Crippen LogP contribution in [0.25, 0.3) is 11.3 Å². The Morgan fingerprint density at radius 2 is 2.21 bits per heavy atom. The van der Waals surface area contributed by atoms with Crippen molar-refractivity contribution in [1.29, 1.82) is 0 Å². The van der Waals surface area contributed by atoms with E-state index in [4.69, 9.17) is 4.74 Å². The van der Waals surface area contributed by atoms with Gasteiger partial charge in [0.1, 0.15) is 11.4 Å². The highest BCUT2D eigenvalue weighted by Gasteiger charge is 2.16. The Labute approximate surface area is 120 Å². The maximum absolute atomic E-state index is 11.9. The number of halogens is 1. The minimum absolute atomic E-state index is 0.324. The number of esters is 1. The second kappa shape index (κ2) is 5.93. The van der Waals surface area contributed by atoms with Gasteiger partial charge in [0, 0.05) is 16.2 Å². The highest BCUT2D eigenvalue weighted by molar-refractivity contribution is 9.10. The number of aromatic nitrogens is 2. The Hall–Kier alpha value is -1.75. The number of rotatable bonds is 3. The summed E-state index contributed by atoms with van der Waals surface area (Å²) in [5.41, 5.74) is 1.82. The van der Waals surface area contributed by atoms with E-state index in [9.17, 15) is 4.79 Å². The lowest BCUT2D eigenvalue weighted by Crippen LogP contribution is -2.09. The number of carbonyl (C=O) groups is 1. The van der Waals surface area contributed by atoms with Crippen LogP contribution in [0.1, 0.15) is 23.1 Å². The maximum atomic E-state index is 11.9. The molecule has 0 unspecified atom stereocenters. The minimum Gasteiger partial charge on any atom is -0.462 e. The van der Waals surface area contributed by atoms with Crippen molar-refractivity contribution in [3.05, 3.63) is 46.3 Å². The number of ether oxygens (including phenoxy) is 1. The van der Waals surface area contributed by atoms with E-state index in [0.717, 1.165) is 10.0 Å². The first-order chi connectivity index (χ1) is 9.11. The molecule has 98 valence electrons. The van der Waals surface area contributed by atoms with Crippen LogP contribution in [0.5, 0.6) is 0 Å². The van der Waals surface area contributed by atoms with Crippen molar-refractivity contribution in [1.82, 2.24) is 9.97 Å². The third kappa shape index (κ3) is 3.17. The number of hydrogen-bond acceptors (Lipinski definition) is 4. The normalized spacial score (nSPS) is 10.3. The summed E-state index contributed by atoms with van der Waals surface area (Å²) in [6.45, 7) is 3.88. The zero-order chi connectivity index (χ0) is 13.8. The lowest BCUT2D eigenvalue weighted by molar-refractivity contribution is 0.0526. The molecular weight excluding hydrogens is 308 g/mol. The van der Waals surface area contributed by atoms with Crippen LogP contribution >= 0.6 is 15.9 Å². The molecule has 0 aliphatic carbocycles. The number of nitrogens with zero attached hydrogens (tertiary/aromatic N) is 2. The topological polar surface area (TPSA) is 52.1 Å². The Bertz CT molecular complexity index is 614. The summed E-state index contributed by atoms with van der Waals surface area (Å²) in [6, 6.07) is 7.62. The third-order valence-electron chi connectivity index (χ3n) is 2.50. The summed E-state index contributed by atoms with van der Waals surface area (Å²) < 4.78 is 5.96. The molecule has 0 N–H and O–H groups in total. The van der Waals surface area contributed by atoms with Gasteiger partial charge in [0.25, 0.3) is 0 Å². The van der Waals surface area contributed by atoms with Gasteiger partial charge in [-0.2, -0.15) is 0 Å². The molecule has 2 aromatic rings. The number of aryl methyl sites for hydroxylation is 1. The molecule has 0 spiro atoms. The van der Waals surface area contributed by atoms with Gasteiger partial charge in [0.05, 0.1) is 12.3 Å². The second-order valence-electron chi connectivity index (χ2n) is 3.91. The predicted molar refractivity (Wildman–Crippen MR) is 75.9 cm³/mol. The molecule has 0 saturated heterocycles. The summed E-state index contributed by atoms with van der Waals surface area (Å²) in [7, 11) is 0. The quantitative estimate of drug-likeness (QED) is 0.813. The van der Waals surface area contributed by atoms with Gasteiger partial charge < -0.3 is 4.74 Å². The van der Waals surface area contributed by atoms with E-state index >= 15 is 0 Å². The molecule has 19 heavy (non-hydrogen) atoms. The lowest BCUT2D eigenvalue weighted by atomic mass is 10.1. The largest absolute Gasteiger partial charge is 0.462 e. The van der Waals surface area contributed by atoms with Crippen LogP contribution in [-0.2, 0) is 4.74 Å². The van der Waals surface area contributed by atoms with Gasteiger partial charge in [-0.3, -0.25) is 0 Å². The molecule has 0 aliphatic heterocycles. The molecule has 0 bridgehead atoms. The highest BCUT2D eigenvalue weighted by atomic mass is 79.9. The minimum atomic E-state index is -0.405. The molecule has 0 saturated carbocycles. The average Bonchev–Trinajstić information content (AvgIpc) is 2.39. The van der Waals surface area contributed by atoms with E-state index in [0.29, 0.717) is 23.7 Å². The van der Waals surface area contributed by atoms with Gasteiger partial charge in [-0.05, 0) is 26.0 Å². The molecular formula is C14H13BrN2O2. The molecule has 1 aromatic carbocycles. The standard InChI is InChI=1S/C14H13BrN2O2/c1-3-19-14(18)12-8-16-9(2)17-13(12)10-5-4-6-11(15)7-10/h4-8H,3H2,1-2H3. The smallest absolute Gasteiger partial charge is 0.341 e. The van der Waals surface area contributed by atoms with Gasteiger partial charge in [0.2, 0.25) is 0 Å². The molecule has 2 rings (SSSR count). The van der Waals surface area contributed by atoms with E-state index in [1.807, 2.05) is 24.3 Å². The zero-order valence-corrected chi connectivity index (χ0v) is 12.3. The van der Waals surface area contributed by atoms with Gasteiger partial charge in [-0.1, -0.05) is 28.1 Å². The number of hydrogen-bond donors (Lipinski definition) is 0. The summed E-state index contributed by atoms with van der Waals surface area (Å²) in [6.07, 6.45) is 1.51. The van der Waals surface area contributed by atoms with Crippen molar-refractivity contribution < 1.29 is 9.53 Å². The van der Waals surface area contributed by atoms with E-state index in [1.54, 1.807) is 13.8 Å². The fourth-order valence-corrected chi connectivity index (χ4v) is 2.08. The summed E-state index contributed by atoms with van der Waals surface area (Å²) >= 11 is 3.41. The molecule has 5 heteroatoms. The first-order valence-corrected chi connectivity index (χ1v) is 6.68. The molecule has 0 radical (unpaired) electrons. The fraction of sp³-hybridized carbons (Fsp3) is 0.214. The van der Waals surface area contributed by atoms with Crippen molar-refractivity contribution in [3.8, 4) is 11.3 Å². The number of carbonyl (C=O) groups excluding carboxylic acids is 1. The Morgan fingerprint density at radius 1 is 1.42 bits per heavy atom. The molecule has 0 aliphatic rings.